The van der Waals surface area contributed by atoms with Crippen LogP contribution >= 0.6 is 11.3 Å². The second-order valence-electron chi connectivity index (χ2n) is 4.60. The maximum absolute atomic E-state index is 13.9. The molecule has 1 heterocycles. The van der Waals surface area contributed by atoms with Crippen molar-refractivity contribution in [3.05, 3.63) is 45.7 Å². The molecule has 4 nitrogen and oxygen atoms in total. The minimum Gasteiger partial charge on any atom is -0.494 e. The molecule has 0 amide bonds. The van der Waals surface area contributed by atoms with Crippen LogP contribution < -0.4 is 10.1 Å². The summed E-state index contributed by atoms with van der Waals surface area (Å²) in [5.74, 6) is -0.133. The standard InChI is InChI=1S/C15H19FN2O2S/c1-10-9-21-15(18-10)14(17-6-7-19-2)11-4-5-13(20-3)12(16)8-11/h4-5,8-9,14,17H,6-7H2,1-3H3. The van der Waals surface area contributed by atoms with Crippen LogP contribution in [-0.2, 0) is 4.74 Å². The van der Waals surface area contributed by atoms with Crippen molar-refractivity contribution >= 4 is 11.3 Å². The van der Waals surface area contributed by atoms with Gasteiger partial charge in [-0.05, 0) is 24.6 Å². The number of ether oxygens (including phenoxy) is 2. The Morgan fingerprint density at radius 3 is 2.76 bits per heavy atom. The summed E-state index contributed by atoms with van der Waals surface area (Å²) in [4.78, 5) is 4.50. The Labute approximate surface area is 127 Å². The van der Waals surface area contributed by atoms with Crippen LogP contribution in [0.15, 0.2) is 23.6 Å². The first-order chi connectivity index (χ1) is 10.2. The number of aryl methyl sites for hydroxylation is 1. The van der Waals surface area contributed by atoms with Gasteiger partial charge >= 0.3 is 0 Å². The van der Waals surface area contributed by atoms with Crippen molar-refractivity contribution in [2.45, 2.75) is 13.0 Å². The number of thiazole rings is 1. The van der Waals surface area contributed by atoms with Crippen LogP contribution in [0.2, 0.25) is 0 Å². The Morgan fingerprint density at radius 1 is 1.38 bits per heavy atom. The highest BCUT2D eigenvalue weighted by Crippen LogP contribution is 2.28. The summed E-state index contributed by atoms with van der Waals surface area (Å²) in [6.45, 7) is 3.19. The van der Waals surface area contributed by atoms with Gasteiger partial charge in [0, 0.05) is 24.7 Å². The number of nitrogens with zero attached hydrogens (tertiary/aromatic N) is 1. The molecule has 0 bridgehead atoms. The zero-order valence-electron chi connectivity index (χ0n) is 12.4. The maximum Gasteiger partial charge on any atom is 0.165 e. The van der Waals surface area contributed by atoms with Gasteiger partial charge in [0.2, 0.25) is 0 Å². The second kappa shape index (κ2) is 7.49. The zero-order chi connectivity index (χ0) is 15.2. The summed E-state index contributed by atoms with van der Waals surface area (Å²) in [6, 6.07) is 4.82. The SMILES string of the molecule is COCCNC(c1ccc(OC)c(F)c1)c1nc(C)cs1. The number of halogens is 1. The molecular weight excluding hydrogens is 291 g/mol. The van der Waals surface area contributed by atoms with E-state index < -0.39 is 0 Å². The Hall–Kier alpha value is -1.50. The van der Waals surface area contributed by atoms with Crippen molar-refractivity contribution in [3.8, 4) is 5.75 Å². The lowest BCUT2D eigenvalue weighted by Gasteiger charge is -2.17. The monoisotopic (exact) mass is 310 g/mol. The molecule has 0 aliphatic heterocycles. The van der Waals surface area contributed by atoms with Gasteiger partial charge in [0.05, 0.1) is 19.8 Å². The molecule has 0 saturated carbocycles. The van der Waals surface area contributed by atoms with E-state index in [0.717, 1.165) is 16.3 Å². The van der Waals surface area contributed by atoms with Crippen LogP contribution in [-0.4, -0.2) is 32.4 Å². The summed E-state index contributed by atoms with van der Waals surface area (Å²) < 4.78 is 23.9. The van der Waals surface area contributed by atoms with Gasteiger partial charge in [0.15, 0.2) is 11.6 Å². The van der Waals surface area contributed by atoms with E-state index in [-0.39, 0.29) is 17.6 Å². The van der Waals surface area contributed by atoms with E-state index >= 15 is 0 Å². The molecular formula is C15H19FN2O2S. The van der Waals surface area contributed by atoms with Gasteiger partial charge in [-0.15, -0.1) is 11.3 Å². The third-order valence-electron chi connectivity index (χ3n) is 3.05. The molecule has 0 aliphatic rings. The third-order valence-corrected chi connectivity index (χ3v) is 4.08. The molecule has 1 N–H and O–H groups in total. The molecule has 6 heteroatoms. The van der Waals surface area contributed by atoms with Crippen LogP contribution in [0, 0.1) is 12.7 Å². The zero-order valence-corrected chi connectivity index (χ0v) is 13.2. The molecule has 0 fully saturated rings. The fourth-order valence-electron chi connectivity index (χ4n) is 2.02. The molecule has 1 aromatic carbocycles. The first-order valence-electron chi connectivity index (χ1n) is 6.63. The number of hydrogen-bond donors (Lipinski definition) is 1. The number of nitrogens with one attached hydrogen (secondary N) is 1. The number of methoxy groups -OCH3 is 2. The number of hydrogen-bond acceptors (Lipinski definition) is 5. The van der Waals surface area contributed by atoms with Gasteiger partial charge in [-0.3, -0.25) is 0 Å². The van der Waals surface area contributed by atoms with Gasteiger partial charge in [0.1, 0.15) is 5.01 Å². The predicted molar refractivity (Wildman–Crippen MR) is 81.5 cm³/mol. The summed E-state index contributed by atoms with van der Waals surface area (Å²) in [7, 11) is 3.11. The summed E-state index contributed by atoms with van der Waals surface area (Å²) in [5.41, 5.74) is 1.78. The molecule has 0 radical (unpaired) electrons. The fourth-order valence-corrected chi connectivity index (χ4v) is 2.92. The molecule has 2 aromatic rings. The van der Waals surface area contributed by atoms with Gasteiger partial charge in [-0.25, -0.2) is 9.37 Å². The minimum absolute atomic E-state index is 0.153. The van der Waals surface area contributed by atoms with Gasteiger partial charge in [-0.1, -0.05) is 6.07 Å². The average molecular weight is 310 g/mol. The van der Waals surface area contributed by atoms with E-state index in [1.54, 1.807) is 24.5 Å². The van der Waals surface area contributed by atoms with Crippen LogP contribution in [0.25, 0.3) is 0 Å². The number of rotatable bonds is 7. The van der Waals surface area contributed by atoms with Crippen molar-refractivity contribution in [1.29, 1.82) is 0 Å². The first-order valence-corrected chi connectivity index (χ1v) is 7.51. The van der Waals surface area contributed by atoms with Crippen molar-refractivity contribution in [2.24, 2.45) is 0 Å². The van der Waals surface area contributed by atoms with Gasteiger partial charge < -0.3 is 14.8 Å². The van der Waals surface area contributed by atoms with E-state index in [4.69, 9.17) is 9.47 Å². The highest BCUT2D eigenvalue weighted by atomic mass is 32.1. The van der Waals surface area contributed by atoms with E-state index in [2.05, 4.69) is 10.3 Å². The Kier molecular flexibility index (Phi) is 5.67. The lowest BCUT2D eigenvalue weighted by Crippen LogP contribution is -2.26. The van der Waals surface area contributed by atoms with Crippen LogP contribution in [0.1, 0.15) is 22.3 Å². The van der Waals surface area contributed by atoms with E-state index in [0.29, 0.717) is 13.2 Å². The van der Waals surface area contributed by atoms with E-state index in [1.807, 2.05) is 18.4 Å². The molecule has 0 spiro atoms. The minimum atomic E-state index is -0.373. The first kappa shape index (κ1) is 15.9. The van der Waals surface area contributed by atoms with E-state index in [1.165, 1.54) is 13.2 Å². The molecule has 1 aromatic heterocycles. The van der Waals surface area contributed by atoms with Crippen molar-refractivity contribution < 1.29 is 13.9 Å². The molecule has 0 saturated heterocycles. The Morgan fingerprint density at radius 2 is 2.19 bits per heavy atom. The highest BCUT2D eigenvalue weighted by molar-refractivity contribution is 7.09. The topological polar surface area (TPSA) is 43.4 Å². The second-order valence-corrected chi connectivity index (χ2v) is 5.49. The van der Waals surface area contributed by atoms with E-state index in [9.17, 15) is 4.39 Å². The molecule has 1 atom stereocenters. The van der Waals surface area contributed by atoms with Crippen molar-refractivity contribution in [3.63, 3.8) is 0 Å². The quantitative estimate of drug-likeness (QED) is 0.799. The fraction of sp³-hybridized carbons (Fsp3) is 0.400. The highest BCUT2D eigenvalue weighted by Gasteiger charge is 2.18. The summed E-state index contributed by atoms with van der Waals surface area (Å²) in [6.07, 6.45) is 0. The molecule has 114 valence electrons. The van der Waals surface area contributed by atoms with Gasteiger partial charge in [0.25, 0.3) is 0 Å². The Balaban J connectivity index is 2.27. The van der Waals surface area contributed by atoms with Crippen molar-refractivity contribution in [1.82, 2.24) is 10.3 Å². The molecule has 0 aliphatic carbocycles. The largest absolute Gasteiger partial charge is 0.494 e. The normalized spacial score (nSPS) is 12.4. The number of aromatic nitrogens is 1. The van der Waals surface area contributed by atoms with Crippen LogP contribution in [0.3, 0.4) is 0 Å². The molecule has 21 heavy (non-hydrogen) atoms. The average Bonchev–Trinajstić information content (AvgIpc) is 2.90. The van der Waals surface area contributed by atoms with Crippen LogP contribution in [0.5, 0.6) is 5.75 Å². The van der Waals surface area contributed by atoms with Crippen LogP contribution in [0.4, 0.5) is 4.39 Å². The number of benzene rings is 1. The smallest absolute Gasteiger partial charge is 0.165 e. The summed E-state index contributed by atoms with van der Waals surface area (Å²) >= 11 is 1.56. The lowest BCUT2D eigenvalue weighted by molar-refractivity contribution is 0.197. The third kappa shape index (κ3) is 4.00. The van der Waals surface area contributed by atoms with Crippen molar-refractivity contribution in [2.75, 3.05) is 27.4 Å². The Bertz CT molecular complexity index is 589. The maximum atomic E-state index is 13.9. The lowest BCUT2D eigenvalue weighted by atomic mass is 10.1. The predicted octanol–water partition coefficient (Wildman–Crippen LogP) is 2.92. The molecule has 2 rings (SSSR count). The van der Waals surface area contributed by atoms with Gasteiger partial charge in [-0.2, -0.15) is 0 Å². The summed E-state index contributed by atoms with van der Waals surface area (Å²) in [5, 5.41) is 6.24. The molecule has 1 unspecified atom stereocenters.